The number of hydrogen-bond donors (Lipinski definition) is 1. The Hall–Kier alpha value is -1.43. The van der Waals surface area contributed by atoms with Crippen LogP contribution in [0.1, 0.15) is 24.8 Å². The molecule has 6 heteroatoms. The van der Waals surface area contributed by atoms with Gasteiger partial charge >= 0.3 is 5.97 Å². The first-order valence-corrected chi connectivity index (χ1v) is 8.15. The van der Waals surface area contributed by atoms with Gasteiger partial charge in [-0.1, -0.05) is 6.07 Å². The van der Waals surface area contributed by atoms with Gasteiger partial charge in [-0.05, 0) is 58.3 Å². The molecule has 2 fully saturated rings. The van der Waals surface area contributed by atoms with Gasteiger partial charge in [0.2, 0.25) is 5.91 Å². The third-order valence-corrected chi connectivity index (χ3v) is 5.55. The fourth-order valence-electron chi connectivity index (χ4n) is 3.39. The summed E-state index contributed by atoms with van der Waals surface area (Å²) < 4.78 is 13.6. The highest BCUT2D eigenvalue weighted by atomic mass is 79.9. The van der Waals surface area contributed by atoms with Crippen LogP contribution >= 0.6 is 15.9 Å². The van der Waals surface area contributed by atoms with E-state index in [1.165, 1.54) is 6.07 Å². The lowest BCUT2D eigenvalue weighted by Gasteiger charge is -2.32. The van der Waals surface area contributed by atoms with Crippen LogP contribution in [0.2, 0.25) is 0 Å². The molecule has 1 amide bonds. The van der Waals surface area contributed by atoms with Crippen molar-refractivity contribution in [3.63, 3.8) is 0 Å². The molecule has 2 aliphatic rings. The van der Waals surface area contributed by atoms with Gasteiger partial charge in [0.05, 0.1) is 16.8 Å². The normalized spacial score (nSPS) is 22.6. The third-order valence-electron chi connectivity index (χ3n) is 4.94. The van der Waals surface area contributed by atoms with Gasteiger partial charge in [-0.2, -0.15) is 0 Å². The molecule has 1 aromatic rings. The molecule has 1 aliphatic heterocycles. The molecule has 1 atom stereocenters. The molecule has 3 rings (SSSR count). The van der Waals surface area contributed by atoms with Crippen LogP contribution in [0.15, 0.2) is 22.7 Å². The van der Waals surface area contributed by atoms with Crippen molar-refractivity contribution in [2.45, 2.75) is 25.7 Å². The van der Waals surface area contributed by atoms with E-state index in [9.17, 15) is 14.0 Å². The number of piperidine rings is 1. The molecule has 0 bridgehead atoms. The van der Waals surface area contributed by atoms with Crippen LogP contribution < -0.4 is 0 Å². The Balaban J connectivity index is 1.56. The number of rotatable bonds is 3. The van der Waals surface area contributed by atoms with Gasteiger partial charge in [0.25, 0.3) is 0 Å². The summed E-state index contributed by atoms with van der Waals surface area (Å²) in [5.41, 5.74) is 0.704. The van der Waals surface area contributed by atoms with Crippen LogP contribution in [0.5, 0.6) is 0 Å². The van der Waals surface area contributed by atoms with Crippen molar-refractivity contribution in [1.82, 2.24) is 4.90 Å². The molecule has 1 heterocycles. The van der Waals surface area contributed by atoms with Crippen molar-refractivity contribution in [3.05, 3.63) is 34.1 Å². The Labute approximate surface area is 136 Å². The molecule has 22 heavy (non-hydrogen) atoms. The topological polar surface area (TPSA) is 57.6 Å². The highest BCUT2D eigenvalue weighted by molar-refractivity contribution is 9.10. The second kappa shape index (κ2) is 5.65. The van der Waals surface area contributed by atoms with E-state index in [1.54, 1.807) is 17.0 Å². The summed E-state index contributed by atoms with van der Waals surface area (Å²) in [6, 6.07) is 4.59. The molecule has 1 aromatic carbocycles. The fraction of sp³-hybridized carbons (Fsp3) is 0.500. The zero-order valence-corrected chi connectivity index (χ0v) is 13.6. The molecular weight excluding hydrogens is 353 g/mol. The van der Waals surface area contributed by atoms with Crippen molar-refractivity contribution in [2.24, 2.45) is 11.3 Å². The molecule has 1 unspecified atom stereocenters. The monoisotopic (exact) mass is 369 g/mol. The highest BCUT2D eigenvalue weighted by Crippen LogP contribution is 2.59. The van der Waals surface area contributed by atoms with E-state index in [2.05, 4.69) is 15.9 Å². The van der Waals surface area contributed by atoms with Gasteiger partial charge in [-0.15, -0.1) is 0 Å². The van der Waals surface area contributed by atoms with Crippen LogP contribution in [0.4, 0.5) is 4.39 Å². The second-order valence-electron chi connectivity index (χ2n) is 6.26. The number of carbonyl (C=O) groups is 2. The zero-order chi connectivity index (χ0) is 15.9. The number of nitrogens with zero attached hydrogens (tertiary/aromatic N) is 1. The average Bonchev–Trinajstić information content (AvgIpc) is 3.18. The first-order valence-electron chi connectivity index (χ1n) is 7.36. The Morgan fingerprint density at radius 1 is 1.36 bits per heavy atom. The molecule has 1 saturated carbocycles. The Morgan fingerprint density at radius 2 is 2.05 bits per heavy atom. The number of likely N-dealkylation sites (tertiary alicyclic amines) is 1. The molecule has 118 valence electrons. The highest BCUT2D eigenvalue weighted by Gasteiger charge is 2.59. The number of aliphatic carboxylic acids is 1. The minimum Gasteiger partial charge on any atom is -0.481 e. The summed E-state index contributed by atoms with van der Waals surface area (Å²) in [6.07, 6.45) is 2.52. The molecule has 1 N–H and O–H groups in total. The summed E-state index contributed by atoms with van der Waals surface area (Å²) >= 11 is 3.12. The van der Waals surface area contributed by atoms with E-state index in [0.29, 0.717) is 17.6 Å². The number of hydrogen-bond acceptors (Lipinski definition) is 2. The van der Waals surface area contributed by atoms with Gasteiger partial charge in [-0.25, -0.2) is 4.39 Å². The molecule has 1 saturated heterocycles. The van der Waals surface area contributed by atoms with E-state index >= 15 is 0 Å². The van der Waals surface area contributed by atoms with Crippen molar-refractivity contribution >= 4 is 27.8 Å². The molecular formula is C16H17BrFNO3. The maximum absolute atomic E-state index is 13.2. The number of carboxylic acid groups (broad SMARTS) is 1. The van der Waals surface area contributed by atoms with E-state index < -0.39 is 5.97 Å². The smallest absolute Gasteiger partial charge is 0.307 e. The maximum atomic E-state index is 13.2. The number of halogens is 2. The van der Waals surface area contributed by atoms with E-state index in [1.807, 2.05) is 0 Å². The standard InChI is InChI=1S/C16H17BrFNO3/c17-12-7-10(1-2-13(12)18)8-14(20)19-5-3-16(4-6-19)9-11(16)15(21)22/h1-2,7,11H,3-6,8-9H2,(H,21,22). The van der Waals surface area contributed by atoms with Crippen LogP contribution in [0.3, 0.4) is 0 Å². The SMILES string of the molecule is O=C(O)C1CC12CCN(C(=O)Cc1ccc(F)c(Br)c1)CC2. The summed E-state index contributed by atoms with van der Waals surface area (Å²) in [7, 11) is 0. The molecule has 1 spiro atoms. The van der Waals surface area contributed by atoms with E-state index in [0.717, 1.165) is 24.8 Å². The Morgan fingerprint density at radius 3 is 2.59 bits per heavy atom. The number of benzene rings is 1. The van der Waals surface area contributed by atoms with E-state index in [-0.39, 0.29) is 29.5 Å². The van der Waals surface area contributed by atoms with Crippen LogP contribution in [-0.4, -0.2) is 35.0 Å². The van der Waals surface area contributed by atoms with Gasteiger partial charge < -0.3 is 10.0 Å². The maximum Gasteiger partial charge on any atom is 0.307 e. The molecule has 0 radical (unpaired) electrons. The predicted molar refractivity (Wildman–Crippen MR) is 81.8 cm³/mol. The summed E-state index contributed by atoms with van der Waals surface area (Å²) in [5.74, 6) is -1.26. The fourth-order valence-corrected chi connectivity index (χ4v) is 3.81. The summed E-state index contributed by atoms with van der Waals surface area (Å²) in [5, 5.41) is 9.07. The average molecular weight is 370 g/mol. The Bertz CT molecular complexity index is 626. The number of carbonyl (C=O) groups excluding carboxylic acids is 1. The lowest BCUT2D eigenvalue weighted by Crippen LogP contribution is -2.40. The Kier molecular flexibility index (Phi) is 3.97. The largest absolute Gasteiger partial charge is 0.481 e. The molecule has 0 aromatic heterocycles. The first kappa shape index (κ1) is 15.5. The molecule has 4 nitrogen and oxygen atoms in total. The van der Waals surface area contributed by atoms with Crippen molar-refractivity contribution in [2.75, 3.05) is 13.1 Å². The van der Waals surface area contributed by atoms with Crippen LogP contribution in [0, 0.1) is 17.2 Å². The number of amides is 1. The number of carboxylic acids is 1. The zero-order valence-electron chi connectivity index (χ0n) is 12.0. The van der Waals surface area contributed by atoms with Crippen molar-refractivity contribution in [3.8, 4) is 0 Å². The van der Waals surface area contributed by atoms with Gasteiger partial charge in [0.15, 0.2) is 0 Å². The molecule has 1 aliphatic carbocycles. The van der Waals surface area contributed by atoms with E-state index in [4.69, 9.17) is 5.11 Å². The van der Waals surface area contributed by atoms with Crippen molar-refractivity contribution in [1.29, 1.82) is 0 Å². The first-order chi connectivity index (χ1) is 10.4. The van der Waals surface area contributed by atoms with Gasteiger partial charge in [0.1, 0.15) is 5.82 Å². The minimum absolute atomic E-state index is 0.0147. The van der Waals surface area contributed by atoms with Gasteiger partial charge in [-0.3, -0.25) is 9.59 Å². The third kappa shape index (κ3) is 2.89. The lowest BCUT2D eigenvalue weighted by molar-refractivity contribution is -0.139. The summed E-state index contributed by atoms with van der Waals surface area (Å²) in [4.78, 5) is 25.1. The second-order valence-corrected chi connectivity index (χ2v) is 7.12. The van der Waals surface area contributed by atoms with Crippen molar-refractivity contribution < 1.29 is 19.1 Å². The quantitative estimate of drug-likeness (QED) is 0.890. The summed E-state index contributed by atoms with van der Waals surface area (Å²) in [6.45, 7) is 1.23. The predicted octanol–water partition coefficient (Wildman–Crippen LogP) is 2.84. The lowest BCUT2D eigenvalue weighted by atomic mass is 9.90. The minimum atomic E-state index is -0.712. The van der Waals surface area contributed by atoms with Crippen LogP contribution in [0.25, 0.3) is 0 Å². The van der Waals surface area contributed by atoms with Gasteiger partial charge in [0, 0.05) is 13.1 Å². The van der Waals surface area contributed by atoms with Crippen LogP contribution in [-0.2, 0) is 16.0 Å².